The third-order valence-corrected chi connectivity index (χ3v) is 3.05. The van der Waals surface area contributed by atoms with Crippen LogP contribution in [-0.2, 0) is 4.74 Å². The number of amides is 1. The number of rotatable bonds is 2. The predicted octanol–water partition coefficient (Wildman–Crippen LogP) is 2.61. The minimum atomic E-state index is -0.449. The van der Waals surface area contributed by atoms with Crippen molar-refractivity contribution >= 4 is 6.09 Å². The lowest BCUT2D eigenvalue weighted by molar-refractivity contribution is 0.0508. The lowest BCUT2D eigenvalue weighted by Crippen LogP contribution is -2.40. The Bertz CT molecular complexity index is 426. The first kappa shape index (κ1) is 13.9. The second kappa shape index (κ2) is 5.61. The minimum absolute atomic E-state index is 0.125. The van der Waals surface area contributed by atoms with Gasteiger partial charge < -0.3 is 15.4 Å². The molecule has 0 unspecified atom stereocenters. The van der Waals surface area contributed by atoms with Gasteiger partial charge in [-0.15, -0.1) is 0 Å². The van der Waals surface area contributed by atoms with E-state index in [0.717, 1.165) is 13.0 Å². The van der Waals surface area contributed by atoms with E-state index in [4.69, 9.17) is 4.74 Å². The molecule has 0 radical (unpaired) electrons. The molecular weight excluding hydrogens is 240 g/mol. The number of carbonyl (C=O) groups excluding carboxylic acids is 1. The average Bonchev–Trinajstić information content (AvgIpc) is 2.76. The summed E-state index contributed by atoms with van der Waals surface area (Å²) in [6.45, 7) is 6.38. The number of alkyl carbamates (subject to hydrolysis) is 1. The van der Waals surface area contributed by atoms with Crippen molar-refractivity contribution in [3.63, 3.8) is 0 Å². The van der Waals surface area contributed by atoms with Crippen molar-refractivity contribution in [1.82, 2.24) is 10.6 Å². The maximum atomic E-state index is 11.7. The maximum absolute atomic E-state index is 11.7. The van der Waals surface area contributed by atoms with Crippen molar-refractivity contribution in [3.8, 4) is 0 Å². The summed E-state index contributed by atoms with van der Waals surface area (Å²) in [6.07, 6.45) is 0.552. The van der Waals surface area contributed by atoms with Gasteiger partial charge in [0.2, 0.25) is 0 Å². The van der Waals surface area contributed by atoms with Crippen LogP contribution in [-0.4, -0.2) is 24.3 Å². The average molecular weight is 262 g/mol. The van der Waals surface area contributed by atoms with Gasteiger partial charge in [0.1, 0.15) is 5.60 Å². The fourth-order valence-corrected chi connectivity index (χ4v) is 2.26. The lowest BCUT2D eigenvalue weighted by Gasteiger charge is -2.21. The van der Waals surface area contributed by atoms with Gasteiger partial charge in [-0.25, -0.2) is 4.79 Å². The van der Waals surface area contributed by atoms with E-state index in [2.05, 4.69) is 22.8 Å². The van der Waals surface area contributed by atoms with Crippen LogP contribution in [0.5, 0.6) is 0 Å². The molecule has 1 aliphatic rings. The molecule has 0 spiro atoms. The van der Waals surface area contributed by atoms with Crippen LogP contribution in [0.1, 0.15) is 38.8 Å². The molecule has 104 valence electrons. The van der Waals surface area contributed by atoms with E-state index >= 15 is 0 Å². The van der Waals surface area contributed by atoms with Crippen LogP contribution < -0.4 is 10.6 Å². The standard InChI is InChI=1S/C15H22N2O2/c1-15(2,3)19-14(18)17-12-9-13(16-10-12)11-7-5-4-6-8-11/h4-8,12-13,16H,9-10H2,1-3H3,(H,17,18)/t12-,13-/m0/s1. The summed E-state index contributed by atoms with van der Waals surface area (Å²) in [7, 11) is 0. The van der Waals surface area contributed by atoms with Gasteiger partial charge in [-0.3, -0.25) is 0 Å². The SMILES string of the molecule is CC(C)(C)OC(=O)N[C@@H]1CN[C@H](c2ccccc2)C1. The molecular formula is C15H22N2O2. The van der Waals surface area contributed by atoms with E-state index in [1.807, 2.05) is 39.0 Å². The smallest absolute Gasteiger partial charge is 0.407 e. The second-order valence-corrected chi connectivity index (χ2v) is 5.95. The Morgan fingerprint density at radius 1 is 1.32 bits per heavy atom. The third-order valence-electron chi connectivity index (χ3n) is 3.05. The summed E-state index contributed by atoms with van der Waals surface area (Å²) in [4.78, 5) is 11.7. The van der Waals surface area contributed by atoms with Gasteiger partial charge in [0, 0.05) is 18.6 Å². The summed E-state index contributed by atoms with van der Waals surface area (Å²) >= 11 is 0. The van der Waals surface area contributed by atoms with Crippen molar-refractivity contribution in [2.24, 2.45) is 0 Å². The van der Waals surface area contributed by atoms with Crippen molar-refractivity contribution in [2.45, 2.75) is 44.9 Å². The first-order valence-corrected chi connectivity index (χ1v) is 6.72. The zero-order chi connectivity index (χ0) is 13.9. The maximum Gasteiger partial charge on any atom is 0.407 e. The summed E-state index contributed by atoms with van der Waals surface area (Å²) in [5.74, 6) is 0. The van der Waals surface area contributed by atoms with Crippen molar-refractivity contribution < 1.29 is 9.53 Å². The first-order valence-electron chi connectivity index (χ1n) is 6.72. The van der Waals surface area contributed by atoms with E-state index in [9.17, 15) is 4.79 Å². The molecule has 1 aliphatic heterocycles. The Labute approximate surface area is 114 Å². The van der Waals surface area contributed by atoms with Gasteiger partial charge >= 0.3 is 6.09 Å². The highest BCUT2D eigenvalue weighted by atomic mass is 16.6. The molecule has 2 rings (SSSR count). The highest BCUT2D eigenvalue weighted by Gasteiger charge is 2.27. The number of ether oxygens (including phenoxy) is 1. The van der Waals surface area contributed by atoms with Crippen LogP contribution in [0.15, 0.2) is 30.3 Å². The number of benzene rings is 1. The van der Waals surface area contributed by atoms with E-state index in [1.165, 1.54) is 5.56 Å². The molecule has 1 aromatic carbocycles. The molecule has 0 aromatic heterocycles. The molecule has 1 amide bonds. The molecule has 1 aromatic rings. The van der Waals surface area contributed by atoms with Gasteiger partial charge in [0.15, 0.2) is 0 Å². The fraction of sp³-hybridized carbons (Fsp3) is 0.533. The van der Waals surface area contributed by atoms with Crippen LogP contribution in [0.25, 0.3) is 0 Å². The van der Waals surface area contributed by atoms with Crippen molar-refractivity contribution in [1.29, 1.82) is 0 Å². The highest BCUT2D eigenvalue weighted by Crippen LogP contribution is 2.23. The van der Waals surface area contributed by atoms with Gasteiger partial charge in [0.25, 0.3) is 0 Å². The number of hydrogen-bond acceptors (Lipinski definition) is 3. The molecule has 1 saturated heterocycles. The van der Waals surface area contributed by atoms with E-state index in [1.54, 1.807) is 0 Å². The van der Waals surface area contributed by atoms with Gasteiger partial charge in [-0.05, 0) is 32.8 Å². The Balaban J connectivity index is 1.84. The Morgan fingerprint density at radius 3 is 2.63 bits per heavy atom. The Hall–Kier alpha value is -1.55. The minimum Gasteiger partial charge on any atom is -0.444 e. The Kier molecular flexibility index (Phi) is 4.10. The van der Waals surface area contributed by atoms with E-state index < -0.39 is 5.60 Å². The highest BCUT2D eigenvalue weighted by molar-refractivity contribution is 5.68. The monoisotopic (exact) mass is 262 g/mol. The zero-order valence-electron chi connectivity index (χ0n) is 11.8. The molecule has 0 aliphatic carbocycles. The molecule has 19 heavy (non-hydrogen) atoms. The van der Waals surface area contributed by atoms with Gasteiger partial charge in [-0.1, -0.05) is 30.3 Å². The molecule has 0 saturated carbocycles. The summed E-state index contributed by atoms with van der Waals surface area (Å²) in [6, 6.07) is 10.7. The number of carbonyl (C=O) groups is 1. The van der Waals surface area contributed by atoms with Crippen molar-refractivity contribution in [2.75, 3.05) is 6.54 Å². The summed E-state index contributed by atoms with van der Waals surface area (Å²) in [5, 5.41) is 6.33. The number of hydrogen-bond donors (Lipinski definition) is 2. The fourth-order valence-electron chi connectivity index (χ4n) is 2.26. The lowest BCUT2D eigenvalue weighted by atomic mass is 10.0. The normalized spacial score (nSPS) is 23.1. The van der Waals surface area contributed by atoms with Crippen LogP contribution in [0.2, 0.25) is 0 Å². The number of nitrogens with one attached hydrogen (secondary N) is 2. The zero-order valence-corrected chi connectivity index (χ0v) is 11.8. The summed E-state index contributed by atoms with van der Waals surface area (Å²) < 4.78 is 5.26. The third kappa shape index (κ3) is 4.24. The molecule has 0 bridgehead atoms. The van der Waals surface area contributed by atoms with Gasteiger partial charge in [-0.2, -0.15) is 0 Å². The first-order chi connectivity index (χ1) is 8.94. The second-order valence-electron chi connectivity index (χ2n) is 5.95. The van der Waals surface area contributed by atoms with Crippen LogP contribution in [0.4, 0.5) is 4.79 Å². The van der Waals surface area contributed by atoms with E-state index in [0.29, 0.717) is 6.04 Å². The summed E-state index contributed by atoms with van der Waals surface area (Å²) in [5.41, 5.74) is 0.811. The Morgan fingerprint density at radius 2 is 2.00 bits per heavy atom. The molecule has 2 atom stereocenters. The van der Waals surface area contributed by atoms with Crippen LogP contribution in [0.3, 0.4) is 0 Å². The van der Waals surface area contributed by atoms with Crippen LogP contribution in [0, 0.1) is 0 Å². The van der Waals surface area contributed by atoms with E-state index in [-0.39, 0.29) is 12.1 Å². The largest absolute Gasteiger partial charge is 0.444 e. The van der Waals surface area contributed by atoms with Gasteiger partial charge in [0.05, 0.1) is 0 Å². The molecule has 4 nitrogen and oxygen atoms in total. The molecule has 4 heteroatoms. The molecule has 1 fully saturated rings. The molecule has 2 N–H and O–H groups in total. The topological polar surface area (TPSA) is 50.4 Å². The van der Waals surface area contributed by atoms with Crippen LogP contribution >= 0.6 is 0 Å². The predicted molar refractivity (Wildman–Crippen MR) is 75.0 cm³/mol. The van der Waals surface area contributed by atoms with Crippen molar-refractivity contribution in [3.05, 3.63) is 35.9 Å². The molecule has 1 heterocycles. The quantitative estimate of drug-likeness (QED) is 0.861.